The summed E-state index contributed by atoms with van der Waals surface area (Å²) in [6, 6.07) is -22.6. The molecule has 18 amide bonds. The molecule has 0 bridgehead atoms. The molecule has 15 atom stereocenters. The summed E-state index contributed by atoms with van der Waals surface area (Å²) in [5, 5.41) is 45.7. The molecular formula is C84H146N18O22. The van der Waals surface area contributed by atoms with E-state index >= 15 is 9.59 Å². The van der Waals surface area contributed by atoms with Gasteiger partial charge in [0.25, 0.3) is 0 Å². The van der Waals surface area contributed by atoms with Crippen molar-refractivity contribution in [3.63, 3.8) is 0 Å². The Morgan fingerprint density at radius 1 is 0.379 bits per heavy atom. The van der Waals surface area contributed by atoms with Crippen LogP contribution in [0.4, 0.5) is 0 Å². The minimum absolute atomic E-state index is 0.0444. The molecule has 1 aliphatic heterocycles. The van der Waals surface area contributed by atoms with Crippen molar-refractivity contribution in [2.45, 2.75) is 356 Å². The van der Waals surface area contributed by atoms with Crippen molar-refractivity contribution in [2.75, 3.05) is 6.61 Å². The van der Waals surface area contributed by atoms with E-state index < -0.39 is 297 Å². The number of nitrogens with two attached hydrogens (primary N) is 4. The van der Waals surface area contributed by atoms with Gasteiger partial charge in [-0.3, -0.25) is 91.1 Å². The van der Waals surface area contributed by atoms with E-state index in [4.69, 9.17) is 27.7 Å². The average molecular weight is 1760 g/mol. The lowest BCUT2D eigenvalue weighted by atomic mass is 9.97. The number of esters is 1. The molecule has 0 saturated carbocycles. The number of hydrogen-bond acceptors (Lipinski definition) is 21. The van der Waals surface area contributed by atoms with E-state index in [-0.39, 0.29) is 68.6 Å². The summed E-state index contributed by atoms with van der Waals surface area (Å²) in [7, 11) is 0. The maximum absolute atomic E-state index is 15.1. The summed E-state index contributed by atoms with van der Waals surface area (Å²) in [6.07, 6.45) is 1.18. The minimum Gasteiger partial charge on any atom is -0.481 e. The zero-order valence-electron chi connectivity index (χ0n) is 75.7. The molecule has 704 valence electrons. The highest BCUT2D eigenvalue weighted by atomic mass is 16.5. The topological polar surface area (TPSA) is 643 Å². The molecule has 0 radical (unpaired) electrons. The number of primary amides is 4. The van der Waals surface area contributed by atoms with Gasteiger partial charge >= 0.3 is 11.9 Å². The van der Waals surface area contributed by atoms with Crippen molar-refractivity contribution >= 4 is 118 Å². The predicted molar refractivity (Wildman–Crippen MR) is 458 cm³/mol. The first-order valence-electron chi connectivity index (χ1n) is 43.7. The van der Waals surface area contributed by atoms with Crippen LogP contribution in [0.1, 0.15) is 272 Å². The minimum atomic E-state index is -2.10. The zero-order valence-corrected chi connectivity index (χ0v) is 75.7. The molecule has 124 heavy (non-hydrogen) atoms. The largest absolute Gasteiger partial charge is 0.481 e. The Morgan fingerprint density at radius 2 is 0.734 bits per heavy atom. The molecule has 0 aromatic rings. The van der Waals surface area contributed by atoms with E-state index in [9.17, 15) is 91.4 Å². The Balaban J connectivity index is 4.23. The number of cyclic esters (lactones) is 1. The third kappa shape index (κ3) is 44.6. The third-order valence-corrected chi connectivity index (χ3v) is 20.5. The molecule has 0 aliphatic carbocycles. The molecule has 1 heterocycles. The smallest absolute Gasteiger partial charge is 0.329 e. The van der Waals surface area contributed by atoms with Gasteiger partial charge in [0.1, 0.15) is 91.2 Å². The highest BCUT2D eigenvalue weighted by Gasteiger charge is 2.41. The molecule has 23 N–H and O–H groups in total. The van der Waals surface area contributed by atoms with Crippen LogP contribution in [0.5, 0.6) is 0 Å². The van der Waals surface area contributed by atoms with E-state index in [1.54, 1.807) is 76.2 Å². The number of aliphatic carboxylic acids is 1. The van der Waals surface area contributed by atoms with E-state index in [1.807, 2.05) is 0 Å². The summed E-state index contributed by atoms with van der Waals surface area (Å²) in [5.41, 5.74) is 22.2. The number of hydrogen-bond donors (Lipinski definition) is 19. The Hall–Kier alpha value is -10.6. The molecule has 40 heteroatoms. The molecule has 0 aromatic carbocycles. The Labute approximate surface area is 728 Å². The van der Waals surface area contributed by atoms with Crippen LogP contribution < -0.4 is 97.4 Å². The van der Waals surface area contributed by atoms with Gasteiger partial charge in [-0.25, -0.2) is 4.79 Å². The molecule has 40 nitrogen and oxygen atoms in total. The Bertz CT molecular complexity index is 3590. The van der Waals surface area contributed by atoms with Crippen molar-refractivity contribution < 1.29 is 106 Å². The molecule has 1 fully saturated rings. The summed E-state index contributed by atoms with van der Waals surface area (Å²) < 4.78 is 5.80. The number of carbonyl (C=O) groups excluding carboxylic acids is 19. The van der Waals surface area contributed by atoms with Crippen LogP contribution >= 0.6 is 0 Å². The molecule has 0 aromatic heterocycles. The van der Waals surface area contributed by atoms with Crippen molar-refractivity contribution in [3.8, 4) is 0 Å². The molecule has 0 spiro atoms. The van der Waals surface area contributed by atoms with Crippen LogP contribution in [-0.4, -0.2) is 215 Å². The van der Waals surface area contributed by atoms with Crippen LogP contribution in [0, 0.1) is 47.3 Å². The molecule has 1 rings (SSSR count). The fraction of sp³-hybridized carbons (Fsp3) is 0.762. The number of amides is 18. The second-order valence-electron chi connectivity index (χ2n) is 35.2. The van der Waals surface area contributed by atoms with Gasteiger partial charge in [0, 0.05) is 38.5 Å². The molecule has 1 saturated heterocycles. The normalized spacial score (nSPS) is 20.4. The first-order valence-corrected chi connectivity index (χ1v) is 43.7. The van der Waals surface area contributed by atoms with Crippen molar-refractivity contribution in [1.29, 1.82) is 0 Å². The fourth-order valence-electron chi connectivity index (χ4n) is 13.4. The highest BCUT2D eigenvalue weighted by Crippen LogP contribution is 2.19. The van der Waals surface area contributed by atoms with Gasteiger partial charge in [-0.1, -0.05) is 163 Å². The highest BCUT2D eigenvalue weighted by molar-refractivity contribution is 6.01. The maximum atomic E-state index is 15.1. The number of carboxylic acid groups (broad SMARTS) is 1. The van der Waals surface area contributed by atoms with Gasteiger partial charge in [0.2, 0.25) is 106 Å². The fourth-order valence-corrected chi connectivity index (χ4v) is 13.4. The van der Waals surface area contributed by atoms with Gasteiger partial charge < -0.3 is 107 Å². The Kier molecular flexibility index (Phi) is 51.9. The van der Waals surface area contributed by atoms with Gasteiger partial charge in [-0.05, 0) is 118 Å². The van der Waals surface area contributed by atoms with Crippen LogP contribution in [0.15, 0.2) is 0 Å². The first kappa shape index (κ1) is 111. The van der Waals surface area contributed by atoms with Crippen LogP contribution in [-0.2, 0) is 101 Å². The predicted octanol–water partition coefficient (Wildman–Crippen LogP) is -0.0135. The number of unbranched alkanes of at least 4 members (excludes halogenated alkanes) is 6. The van der Waals surface area contributed by atoms with E-state index in [0.29, 0.717) is 6.42 Å². The number of rotatable bonds is 50. The Morgan fingerprint density at radius 3 is 1.13 bits per heavy atom. The second-order valence-corrected chi connectivity index (χ2v) is 35.2. The third-order valence-electron chi connectivity index (χ3n) is 20.5. The number of nitrogens with one attached hydrogen (secondary N) is 14. The number of ether oxygens (including phenoxy) is 1. The molecular weight excluding hydrogens is 1610 g/mol. The van der Waals surface area contributed by atoms with Crippen LogP contribution in [0.2, 0.25) is 0 Å². The lowest BCUT2D eigenvalue weighted by Gasteiger charge is -2.30. The summed E-state index contributed by atoms with van der Waals surface area (Å²) >= 11 is 0. The zero-order chi connectivity index (χ0) is 94.5. The lowest BCUT2D eigenvalue weighted by Crippen LogP contribution is -2.62. The van der Waals surface area contributed by atoms with Gasteiger partial charge in [-0.2, -0.15) is 0 Å². The summed E-state index contributed by atoms with van der Waals surface area (Å²) in [5.74, 6) is -24.5. The van der Waals surface area contributed by atoms with Gasteiger partial charge in [0.05, 0.1) is 0 Å². The molecule has 0 unspecified atom stereocenters. The summed E-state index contributed by atoms with van der Waals surface area (Å²) in [6.45, 7) is 27.4. The number of carbonyl (C=O) groups is 20. The molecule has 1 aliphatic rings. The van der Waals surface area contributed by atoms with Crippen molar-refractivity contribution in [2.24, 2.45) is 70.3 Å². The average Bonchev–Trinajstić information content (AvgIpc) is 0.983. The van der Waals surface area contributed by atoms with E-state index in [2.05, 4.69) is 81.4 Å². The monoisotopic (exact) mass is 1760 g/mol. The van der Waals surface area contributed by atoms with Crippen LogP contribution in [0.3, 0.4) is 0 Å². The van der Waals surface area contributed by atoms with Gasteiger partial charge in [-0.15, -0.1) is 0 Å². The second kappa shape index (κ2) is 57.8. The lowest BCUT2D eigenvalue weighted by molar-refractivity contribution is -0.152. The standard InChI is InChI=1S/C84H146N18O22/c1-18-20-21-22-23-24-25-26-66(107)89-56(37-43(3)4)76(115)94-55(31-36-67(108)109)71(110)90-53(29-34-64(87)105)74(113)100-68(48(13)14)82(121)97-60(41-47(11)12)79(118)92-52(28-33-63(86)104)73(112)99-61-42-124-84(123)70(50(17)19-2)102-75(114)54(30-35-65(88)106)93-77(116)57(38-44(5)6)96-80(119)58(39-45(7)8)95-72(111)51(27-32-62(85)103)91-78(117)59(40-46(9)10)98-83(122)69(49(15)16)101-81(61)120/h43-61,68-70H,18-42H2,1-17H3,(H2,85,103)(H2,86,104)(H2,87,105)(H2,88,106)(H,89,107)(H,90,110)(H,91,117)(H,92,118)(H,93,116)(H,94,115)(H,95,111)(H,96,119)(H,97,121)(H,98,122)(H,99,112)(H,100,113)(H,101,120)(H,102,114)(H,108,109)/t50-,51+,52-,53+,54+,55+,56-,57+,58-,59+,60+,61+,68+,69+,70-/m0/s1. The van der Waals surface area contributed by atoms with E-state index in [0.717, 1.165) is 38.5 Å². The van der Waals surface area contributed by atoms with Gasteiger partial charge in [0.15, 0.2) is 0 Å². The SMILES string of the molecule is CCCCCCCCCC(=O)N[C@@H](CC(C)C)C(=O)N[C@H](CCC(=O)O)C(=O)N[C@H](CCC(N)=O)C(=O)N[C@@H](C(=O)N[C@H](CC(C)C)C(=O)N[C@@H](CCC(N)=O)C(=O)N[C@@H]1COC(=O)[C@H]([C@@H](C)CC)NC(=O)[C@@H](CCC(N)=O)NC(=O)[C@@H](CC(C)C)NC(=O)[C@H](CC(C)C)NC(=O)[C@@H](CCC(N)=O)NC(=O)[C@@H](CC(C)C)NC(=O)[C@@H](C(C)C)NC1=O)C(C)C. The van der Waals surface area contributed by atoms with Crippen molar-refractivity contribution in [1.82, 2.24) is 74.4 Å². The first-order chi connectivity index (χ1) is 57.9. The van der Waals surface area contributed by atoms with E-state index in [1.165, 1.54) is 34.6 Å². The van der Waals surface area contributed by atoms with Crippen molar-refractivity contribution in [3.05, 3.63) is 0 Å². The summed E-state index contributed by atoms with van der Waals surface area (Å²) in [4.78, 5) is 280. The maximum Gasteiger partial charge on any atom is 0.329 e. The quantitative estimate of drug-likeness (QED) is 0.0281. The van der Waals surface area contributed by atoms with Crippen LogP contribution in [0.25, 0.3) is 0 Å². The number of carboxylic acids is 1.